The number of hydrogen-bond donors (Lipinski definition) is 1. The van der Waals surface area contributed by atoms with E-state index < -0.39 is 5.92 Å². The molecule has 0 saturated carbocycles. The normalized spacial score (nSPS) is 21.9. The van der Waals surface area contributed by atoms with Gasteiger partial charge in [0.2, 0.25) is 0 Å². The van der Waals surface area contributed by atoms with Crippen LogP contribution in [-0.2, 0) is 0 Å². The van der Waals surface area contributed by atoms with Crippen molar-refractivity contribution in [3.63, 3.8) is 0 Å². The molecule has 0 saturated heterocycles. The van der Waals surface area contributed by atoms with Crippen LogP contribution in [0.5, 0.6) is 0 Å². The summed E-state index contributed by atoms with van der Waals surface area (Å²) in [7, 11) is 0. The molecule has 0 aliphatic carbocycles. The number of nitrogens with two attached hydrogens (primary N) is 1. The van der Waals surface area contributed by atoms with Crippen LogP contribution in [-0.4, -0.2) is 12.1 Å². The maximum absolute atomic E-state index is 9.47. The van der Waals surface area contributed by atoms with Crippen molar-refractivity contribution in [1.29, 1.82) is 10.5 Å². The van der Waals surface area contributed by atoms with E-state index in [-0.39, 0.29) is 11.8 Å². The highest BCUT2D eigenvalue weighted by molar-refractivity contribution is 8.02. The molecule has 0 fully saturated rings. The second-order valence-corrected chi connectivity index (χ2v) is 5.31. The quantitative estimate of drug-likeness (QED) is 0.903. The summed E-state index contributed by atoms with van der Waals surface area (Å²) in [5.41, 5.74) is 8.44. The van der Waals surface area contributed by atoms with Gasteiger partial charge in [-0.05, 0) is 24.3 Å². The second-order valence-electron chi connectivity index (χ2n) is 4.51. The van der Waals surface area contributed by atoms with Crippen molar-refractivity contribution in [3.05, 3.63) is 46.0 Å². The second kappa shape index (κ2) is 5.81. The van der Waals surface area contributed by atoms with Gasteiger partial charge in [-0.25, -0.2) is 4.99 Å². The number of nitriles is 2. The number of thioether (sulfide) groups is 1. The number of benzene rings is 1. The number of hydrogen-bond acceptors (Lipinski definition) is 5. The lowest BCUT2D eigenvalue weighted by Crippen LogP contribution is -2.32. The molecule has 0 spiro atoms. The molecule has 2 atom stereocenters. The maximum atomic E-state index is 9.47. The van der Waals surface area contributed by atoms with E-state index in [1.165, 1.54) is 11.8 Å². The molecule has 0 radical (unpaired) electrons. The van der Waals surface area contributed by atoms with Gasteiger partial charge in [-0.2, -0.15) is 10.5 Å². The van der Waals surface area contributed by atoms with Gasteiger partial charge >= 0.3 is 0 Å². The minimum Gasteiger partial charge on any atom is -0.386 e. The summed E-state index contributed by atoms with van der Waals surface area (Å²) in [5.74, 6) is -0.656. The summed E-state index contributed by atoms with van der Waals surface area (Å²) in [6, 6.07) is 12.2. The predicted octanol–water partition coefficient (Wildman–Crippen LogP) is 2.69. The van der Waals surface area contributed by atoms with E-state index in [4.69, 9.17) is 5.73 Å². The molecule has 1 heterocycles. The number of aryl methyl sites for hydroxylation is 1. The number of amidine groups is 1. The molecule has 1 aliphatic rings. The molecule has 0 bridgehead atoms. The molecule has 5 heteroatoms. The van der Waals surface area contributed by atoms with Crippen molar-refractivity contribution in [2.24, 2.45) is 16.6 Å². The van der Waals surface area contributed by atoms with E-state index in [1.807, 2.05) is 37.4 Å². The summed E-state index contributed by atoms with van der Waals surface area (Å²) in [5, 5.41) is 19.5. The van der Waals surface area contributed by atoms with Gasteiger partial charge < -0.3 is 5.73 Å². The van der Waals surface area contributed by atoms with Crippen LogP contribution in [0.4, 0.5) is 0 Å². The Morgan fingerprint density at radius 1 is 1.30 bits per heavy atom. The lowest BCUT2D eigenvalue weighted by molar-refractivity contribution is 0.705. The smallest absolute Gasteiger partial charge is 0.119 e. The number of rotatable bonds is 2. The van der Waals surface area contributed by atoms with Crippen LogP contribution >= 0.6 is 11.8 Å². The Morgan fingerprint density at radius 2 is 2.00 bits per heavy atom. The minimum atomic E-state index is -0.596. The summed E-state index contributed by atoms with van der Waals surface area (Å²) < 4.78 is 0. The molecule has 1 unspecified atom stereocenters. The fourth-order valence-electron chi connectivity index (χ4n) is 2.40. The molecule has 1 aromatic rings. The molecule has 2 rings (SSSR count). The largest absolute Gasteiger partial charge is 0.386 e. The Kier molecular flexibility index (Phi) is 4.12. The first-order valence-corrected chi connectivity index (χ1v) is 7.34. The zero-order valence-electron chi connectivity index (χ0n) is 11.3. The number of nitrogens with zero attached hydrogens (tertiary/aromatic N) is 3. The predicted molar refractivity (Wildman–Crippen MR) is 80.8 cm³/mol. The number of aliphatic imine (C=N–C) groups is 1. The summed E-state index contributed by atoms with van der Waals surface area (Å²) in [4.78, 5) is 4.20. The first kappa shape index (κ1) is 14.2. The monoisotopic (exact) mass is 282 g/mol. The molecule has 100 valence electrons. The maximum Gasteiger partial charge on any atom is 0.119 e. The fourth-order valence-corrected chi connectivity index (χ4v) is 2.99. The third kappa shape index (κ3) is 2.29. The van der Waals surface area contributed by atoms with Crippen molar-refractivity contribution in [3.8, 4) is 12.1 Å². The Hall–Kier alpha value is -2.24. The van der Waals surface area contributed by atoms with E-state index in [0.717, 1.165) is 11.1 Å². The van der Waals surface area contributed by atoms with Gasteiger partial charge in [0.15, 0.2) is 0 Å². The third-order valence-electron chi connectivity index (χ3n) is 3.40. The zero-order valence-corrected chi connectivity index (χ0v) is 12.1. The van der Waals surface area contributed by atoms with Crippen LogP contribution in [0.25, 0.3) is 0 Å². The Bertz CT molecular complexity index is 676. The lowest BCUT2D eigenvalue weighted by atomic mass is 9.78. The highest BCUT2D eigenvalue weighted by Gasteiger charge is 2.36. The van der Waals surface area contributed by atoms with Crippen molar-refractivity contribution >= 4 is 17.6 Å². The van der Waals surface area contributed by atoms with Crippen molar-refractivity contribution in [2.75, 3.05) is 6.26 Å². The minimum absolute atomic E-state index is 0.282. The van der Waals surface area contributed by atoms with Crippen LogP contribution in [0.15, 0.2) is 39.9 Å². The Balaban J connectivity index is 2.68. The lowest BCUT2D eigenvalue weighted by Gasteiger charge is -2.27. The van der Waals surface area contributed by atoms with Crippen LogP contribution in [0.1, 0.15) is 17.0 Å². The summed E-state index contributed by atoms with van der Waals surface area (Å²) >= 11 is 1.38. The molecule has 1 aromatic carbocycles. The topological polar surface area (TPSA) is 86.0 Å². The molecule has 0 amide bonds. The fraction of sp³-hybridized carbons (Fsp3) is 0.267. The standard InChI is InChI=1S/C15H14N4S/c1-9-5-3-4-6-10(9)13-11(7-16)14(18)19-15(20-2)12(13)8-17/h3-6,11,13H,1-2H3,(H2,18,19)/t11?,13-/m0/s1. The summed E-state index contributed by atoms with van der Waals surface area (Å²) in [6.45, 7) is 1.97. The van der Waals surface area contributed by atoms with Crippen LogP contribution in [0, 0.1) is 35.5 Å². The van der Waals surface area contributed by atoms with Gasteiger partial charge in [0.1, 0.15) is 16.8 Å². The molecule has 2 N–H and O–H groups in total. The first-order valence-electron chi connectivity index (χ1n) is 6.11. The molecule has 20 heavy (non-hydrogen) atoms. The molecular weight excluding hydrogens is 268 g/mol. The van der Waals surface area contributed by atoms with E-state index in [0.29, 0.717) is 10.6 Å². The number of allylic oxidation sites excluding steroid dienone is 1. The van der Waals surface area contributed by atoms with Crippen molar-refractivity contribution < 1.29 is 0 Å². The molecule has 1 aliphatic heterocycles. The molecule has 4 nitrogen and oxygen atoms in total. The summed E-state index contributed by atoms with van der Waals surface area (Å²) in [6.07, 6.45) is 1.85. The van der Waals surface area contributed by atoms with Crippen LogP contribution in [0.2, 0.25) is 0 Å². The van der Waals surface area contributed by atoms with Gasteiger partial charge in [0.05, 0.1) is 17.7 Å². The van der Waals surface area contributed by atoms with E-state index in [9.17, 15) is 10.5 Å². The first-order chi connectivity index (χ1) is 9.63. The van der Waals surface area contributed by atoms with E-state index in [2.05, 4.69) is 17.1 Å². The molecular formula is C15H14N4S. The van der Waals surface area contributed by atoms with Crippen molar-refractivity contribution in [2.45, 2.75) is 12.8 Å². The Labute approximate surface area is 122 Å². The zero-order chi connectivity index (χ0) is 14.7. The molecule has 0 aromatic heterocycles. The van der Waals surface area contributed by atoms with Gasteiger partial charge in [-0.3, -0.25) is 0 Å². The highest BCUT2D eigenvalue weighted by Crippen LogP contribution is 2.40. The third-order valence-corrected chi connectivity index (χ3v) is 4.10. The van der Waals surface area contributed by atoms with E-state index in [1.54, 1.807) is 0 Å². The van der Waals surface area contributed by atoms with Crippen LogP contribution in [0.3, 0.4) is 0 Å². The Morgan fingerprint density at radius 3 is 2.55 bits per heavy atom. The average Bonchev–Trinajstić information content (AvgIpc) is 2.46. The van der Waals surface area contributed by atoms with Gasteiger partial charge in [-0.1, -0.05) is 24.3 Å². The highest BCUT2D eigenvalue weighted by atomic mass is 32.2. The van der Waals surface area contributed by atoms with Gasteiger partial charge in [0, 0.05) is 5.92 Å². The SMILES string of the molecule is CSC1=C(C#N)[C@@H](c2ccccc2C)C(C#N)C(N)=N1. The van der Waals surface area contributed by atoms with Gasteiger partial charge in [-0.15, -0.1) is 11.8 Å². The van der Waals surface area contributed by atoms with Crippen LogP contribution < -0.4 is 5.73 Å². The van der Waals surface area contributed by atoms with Gasteiger partial charge in [0.25, 0.3) is 0 Å². The average molecular weight is 282 g/mol. The van der Waals surface area contributed by atoms with E-state index >= 15 is 0 Å². The van der Waals surface area contributed by atoms with Crippen molar-refractivity contribution in [1.82, 2.24) is 0 Å².